The molecule has 3 aromatic rings. The molecule has 0 unspecified atom stereocenters. The first-order valence-corrected chi connectivity index (χ1v) is 7.80. The first-order valence-electron chi connectivity index (χ1n) is 7.80. The smallest absolute Gasteiger partial charge is 0.251 e. The third kappa shape index (κ3) is 2.74. The molecule has 0 bridgehead atoms. The third-order valence-corrected chi connectivity index (χ3v) is 4.49. The van der Waals surface area contributed by atoms with E-state index in [9.17, 15) is 4.79 Å². The van der Waals surface area contributed by atoms with Gasteiger partial charge in [-0.2, -0.15) is 5.10 Å². The molecule has 5 nitrogen and oxygen atoms in total. The van der Waals surface area contributed by atoms with E-state index in [1.165, 1.54) is 5.56 Å². The van der Waals surface area contributed by atoms with Crippen LogP contribution in [0.15, 0.2) is 30.5 Å². The Morgan fingerprint density at radius 3 is 2.70 bits per heavy atom. The van der Waals surface area contributed by atoms with Gasteiger partial charge < -0.3 is 9.88 Å². The van der Waals surface area contributed by atoms with Crippen molar-refractivity contribution >= 4 is 16.8 Å². The Morgan fingerprint density at radius 2 is 2.00 bits per heavy atom. The van der Waals surface area contributed by atoms with Gasteiger partial charge in [0.1, 0.15) is 0 Å². The van der Waals surface area contributed by atoms with Gasteiger partial charge in [0.25, 0.3) is 5.91 Å². The van der Waals surface area contributed by atoms with Gasteiger partial charge in [-0.3, -0.25) is 9.48 Å². The van der Waals surface area contributed by atoms with E-state index in [-0.39, 0.29) is 5.91 Å². The fraction of sp³-hybridized carbons (Fsp3) is 0.333. The molecule has 1 amide bonds. The monoisotopic (exact) mass is 310 g/mol. The number of hydrogen-bond donors (Lipinski definition) is 1. The number of carbonyl (C=O) groups is 1. The molecule has 1 aromatic carbocycles. The molecule has 2 aromatic heterocycles. The molecular weight excluding hydrogens is 288 g/mol. The molecule has 3 rings (SSSR count). The summed E-state index contributed by atoms with van der Waals surface area (Å²) in [5, 5.41) is 8.43. The Bertz CT molecular complexity index is 873. The van der Waals surface area contributed by atoms with Gasteiger partial charge in [-0.1, -0.05) is 6.07 Å². The van der Waals surface area contributed by atoms with Crippen LogP contribution in [0.3, 0.4) is 0 Å². The second-order valence-corrected chi connectivity index (χ2v) is 5.94. The standard InChI is InChI=1S/C18H22N4O/c1-12-14(13(2)22(4)20-12)8-10-19-18(23)16-6-5-7-17-15(16)9-11-21(17)3/h5-7,9,11H,8,10H2,1-4H3,(H,19,23). The zero-order valence-electron chi connectivity index (χ0n) is 14.1. The molecule has 120 valence electrons. The lowest BCUT2D eigenvalue weighted by molar-refractivity contribution is 0.0955. The average Bonchev–Trinajstić information content (AvgIpc) is 3.02. The maximum absolute atomic E-state index is 12.5. The van der Waals surface area contributed by atoms with Crippen molar-refractivity contribution in [1.29, 1.82) is 0 Å². The number of aromatic nitrogens is 3. The Labute approximate surface area is 135 Å². The third-order valence-electron chi connectivity index (χ3n) is 4.49. The Morgan fingerprint density at radius 1 is 1.22 bits per heavy atom. The molecule has 2 heterocycles. The van der Waals surface area contributed by atoms with Gasteiger partial charge in [-0.05, 0) is 44.0 Å². The van der Waals surface area contributed by atoms with Crippen LogP contribution in [-0.4, -0.2) is 26.8 Å². The van der Waals surface area contributed by atoms with E-state index in [2.05, 4.69) is 17.3 Å². The lowest BCUT2D eigenvalue weighted by atomic mass is 10.1. The van der Waals surface area contributed by atoms with Crippen LogP contribution in [0.5, 0.6) is 0 Å². The predicted molar refractivity (Wildman–Crippen MR) is 91.6 cm³/mol. The van der Waals surface area contributed by atoms with Crippen molar-refractivity contribution < 1.29 is 4.79 Å². The molecule has 0 fully saturated rings. The van der Waals surface area contributed by atoms with Gasteiger partial charge in [0.05, 0.1) is 5.69 Å². The van der Waals surface area contributed by atoms with Gasteiger partial charge in [0.15, 0.2) is 0 Å². The first kappa shape index (κ1) is 15.3. The van der Waals surface area contributed by atoms with Crippen LogP contribution in [0.4, 0.5) is 0 Å². The summed E-state index contributed by atoms with van der Waals surface area (Å²) < 4.78 is 3.91. The van der Waals surface area contributed by atoms with E-state index in [0.717, 1.165) is 34.3 Å². The van der Waals surface area contributed by atoms with Crippen molar-refractivity contribution in [2.75, 3.05) is 6.54 Å². The van der Waals surface area contributed by atoms with Gasteiger partial charge in [0, 0.05) is 49.0 Å². The quantitative estimate of drug-likeness (QED) is 0.805. The topological polar surface area (TPSA) is 51.9 Å². The Kier molecular flexibility index (Phi) is 3.94. The second kappa shape index (κ2) is 5.91. The number of nitrogens with one attached hydrogen (secondary N) is 1. The van der Waals surface area contributed by atoms with Crippen LogP contribution in [0, 0.1) is 13.8 Å². The molecular formula is C18H22N4O. The highest BCUT2D eigenvalue weighted by Crippen LogP contribution is 2.19. The van der Waals surface area contributed by atoms with Crippen LogP contribution in [-0.2, 0) is 20.5 Å². The summed E-state index contributed by atoms with van der Waals surface area (Å²) in [4.78, 5) is 12.5. The number of amides is 1. The average molecular weight is 310 g/mol. The Hall–Kier alpha value is -2.56. The summed E-state index contributed by atoms with van der Waals surface area (Å²) in [5.41, 5.74) is 5.19. The van der Waals surface area contributed by atoms with E-state index in [1.807, 2.05) is 60.7 Å². The van der Waals surface area contributed by atoms with Crippen molar-refractivity contribution in [2.24, 2.45) is 14.1 Å². The fourth-order valence-corrected chi connectivity index (χ4v) is 3.08. The number of aryl methyl sites for hydroxylation is 3. The molecule has 0 aliphatic rings. The summed E-state index contributed by atoms with van der Waals surface area (Å²) in [6.07, 6.45) is 2.77. The number of carbonyl (C=O) groups excluding carboxylic acids is 1. The number of nitrogens with zero attached hydrogens (tertiary/aromatic N) is 3. The summed E-state index contributed by atoms with van der Waals surface area (Å²) in [5.74, 6) is -0.0269. The molecule has 0 aliphatic heterocycles. The van der Waals surface area contributed by atoms with Gasteiger partial charge in [0.2, 0.25) is 0 Å². The van der Waals surface area contributed by atoms with E-state index in [1.54, 1.807) is 0 Å². The lowest BCUT2D eigenvalue weighted by Gasteiger charge is -2.07. The highest BCUT2D eigenvalue weighted by Gasteiger charge is 2.13. The van der Waals surface area contributed by atoms with E-state index in [0.29, 0.717) is 6.54 Å². The molecule has 0 saturated carbocycles. The van der Waals surface area contributed by atoms with Crippen LogP contribution < -0.4 is 5.32 Å². The normalized spacial score (nSPS) is 11.1. The molecule has 1 N–H and O–H groups in total. The van der Waals surface area contributed by atoms with Crippen molar-refractivity contribution in [2.45, 2.75) is 20.3 Å². The molecule has 0 saturated heterocycles. The molecule has 0 radical (unpaired) electrons. The number of benzene rings is 1. The maximum Gasteiger partial charge on any atom is 0.251 e. The molecule has 0 spiro atoms. The van der Waals surface area contributed by atoms with Crippen molar-refractivity contribution in [1.82, 2.24) is 19.7 Å². The largest absolute Gasteiger partial charge is 0.352 e. The van der Waals surface area contributed by atoms with Gasteiger partial charge in [-0.25, -0.2) is 0 Å². The molecule has 5 heteroatoms. The van der Waals surface area contributed by atoms with Crippen LogP contribution in [0.1, 0.15) is 27.3 Å². The van der Waals surface area contributed by atoms with E-state index in [4.69, 9.17) is 0 Å². The van der Waals surface area contributed by atoms with Crippen LogP contribution >= 0.6 is 0 Å². The predicted octanol–water partition coefficient (Wildman–Crippen LogP) is 2.50. The van der Waals surface area contributed by atoms with E-state index < -0.39 is 0 Å². The molecule has 0 atom stereocenters. The minimum atomic E-state index is -0.0269. The van der Waals surface area contributed by atoms with Crippen molar-refractivity contribution in [3.63, 3.8) is 0 Å². The van der Waals surface area contributed by atoms with Crippen molar-refractivity contribution in [3.05, 3.63) is 53.0 Å². The zero-order valence-corrected chi connectivity index (χ0v) is 14.1. The van der Waals surface area contributed by atoms with Gasteiger partial charge in [-0.15, -0.1) is 0 Å². The summed E-state index contributed by atoms with van der Waals surface area (Å²) >= 11 is 0. The zero-order chi connectivity index (χ0) is 16.6. The number of hydrogen-bond acceptors (Lipinski definition) is 2. The maximum atomic E-state index is 12.5. The van der Waals surface area contributed by atoms with Gasteiger partial charge >= 0.3 is 0 Å². The summed E-state index contributed by atoms with van der Waals surface area (Å²) in [6, 6.07) is 7.80. The number of rotatable bonds is 4. The Balaban J connectivity index is 1.72. The number of fused-ring (bicyclic) bond motifs is 1. The highest BCUT2D eigenvalue weighted by atomic mass is 16.1. The van der Waals surface area contributed by atoms with Crippen LogP contribution in [0.2, 0.25) is 0 Å². The SMILES string of the molecule is Cc1nn(C)c(C)c1CCNC(=O)c1cccc2c1ccn2C. The minimum absolute atomic E-state index is 0.0269. The lowest BCUT2D eigenvalue weighted by Crippen LogP contribution is -2.26. The van der Waals surface area contributed by atoms with Crippen molar-refractivity contribution in [3.8, 4) is 0 Å². The first-order chi connectivity index (χ1) is 11.0. The molecule has 23 heavy (non-hydrogen) atoms. The summed E-state index contributed by atoms with van der Waals surface area (Å²) in [6.45, 7) is 4.67. The van der Waals surface area contributed by atoms with E-state index >= 15 is 0 Å². The second-order valence-electron chi connectivity index (χ2n) is 5.94. The highest BCUT2D eigenvalue weighted by molar-refractivity contribution is 6.06. The van der Waals surface area contributed by atoms with Crippen LogP contribution in [0.25, 0.3) is 10.9 Å². The fourth-order valence-electron chi connectivity index (χ4n) is 3.08. The molecule has 0 aliphatic carbocycles. The minimum Gasteiger partial charge on any atom is -0.352 e. The summed E-state index contributed by atoms with van der Waals surface area (Å²) in [7, 11) is 3.93.